The first-order valence-corrected chi connectivity index (χ1v) is 8.50. The van der Waals surface area contributed by atoms with Gasteiger partial charge in [0.2, 0.25) is 11.8 Å². The lowest BCUT2D eigenvalue weighted by Gasteiger charge is -2.18. The van der Waals surface area contributed by atoms with Crippen LogP contribution in [0.25, 0.3) is 10.9 Å². The van der Waals surface area contributed by atoms with Crippen LogP contribution >= 0.6 is 0 Å². The molecule has 2 aromatic heterocycles. The molecule has 25 heavy (non-hydrogen) atoms. The maximum absolute atomic E-state index is 5.15. The molecule has 1 saturated heterocycles. The van der Waals surface area contributed by atoms with Crippen LogP contribution in [0.3, 0.4) is 0 Å². The Morgan fingerprint density at radius 2 is 2.04 bits per heavy atom. The van der Waals surface area contributed by atoms with E-state index in [1.54, 1.807) is 19.4 Å². The van der Waals surface area contributed by atoms with Crippen molar-refractivity contribution in [3.63, 3.8) is 0 Å². The van der Waals surface area contributed by atoms with Gasteiger partial charge in [0.25, 0.3) is 0 Å². The highest BCUT2D eigenvalue weighted by molar-refractivity contribution is 5.81. The van der Waals surface area contributed by atoms with Crippen LogP contribution < -0.4 is 10.1 Å². The number of methoxy groups -OCH3 is 1. The second-order valence-corrected chi connectivity index (χ2v) is 6.27. The van der Waals surface area contributed by atoms with Gasteiger partial charge in [-0.15, -0.1) is 0 Å². The van der Waals surface area contributed by atoms with Gasteiger partial charge in [0.1, 0.15) is 0 Å². The molecule has 1 aromatic carbocycles. The summed E-state index contributed by atoms with van der Waals surface area (Å²) < 4.78 is 5.15. The summed E-state index contributed by atoms with van der Waals surface area (Å²) in [5.74, 6) is 1.20. The zero-order valence-corrected chi connectivity index (χ0v) is 14.2. The van der Waals surface area contributed by atoms with Crippen molar-refractivity contribution in [3.05, 3.63) is 54.4 Å². The second kappa shape index (κ2) is 7.03. The third-order valence-corrected chi connectivity index (χ3v) is 4.58. The molecule has 0 aliphatic carbocycles. The second-order valence-electron chi connectivity index (χ2n) is 6.27. The summed E-state index contributed by atoms with van der Waals surface area (Å²) in [6.07, 6.45) is 4.68. The van der Waals surface area contributed by atoms with E-state index >= 15 is 0 Å². The van der Waals surface area contributed by atoms with E-state index in [0.717, 1.165) is 31.6 Å². The first kappa shape index (κ1) is 15.8. The van der Waals surface area contributed by atoms with Crippen molar-refractivity contribution >= 4 is 16.9 Å². The third-order valence-electron chi connectivity index (χ3n) is 4.58. The molecule has 1 aliphatic rings. The molecule has 0 radical (unpaired) electrons. The highest BCUT2D eigenvalue weighted by atomic mass is 16.5. The first-order valence-electron chi connectivity index (χ1n) is 8.50. The van der Waals surface area contributed by atoms with Crippen molar-refractivity contribution in [1.29, 1.82) is 0 Å². The number of para-hydroxylation sites is 1. The Labute approximate surface area is 146 Å². The molecule has 0 spiro atoms. The number of anilines is 1. The van der Waals surface area contributed by atoms with Gasteiger partial charge in [-0.3, -0.25) is 9.88 Å². The van der Waals surface area contributed by atoms with E-state index in [2.05, 4.69) is 49.4 Å². The van der Waals surface area contributed by atoms with Gasteiger partial charge in [-0.1, -0.05) is 18.2 Å². The van der Waals surface area contributed by atoms with Crippen LogP contribution in [-0.2, 0) is 6.54 Å². The van der Waals surface area contributed by atoms with Crippen molar-refractivity contribution < 1.29 is 4.74 Å². The summed E-state index contributed by atoms with van der Waals surface area (Å²) >= 11 is 0. The van der Waals surface area contributed by atoms with Crippen LogP contribution in [0.15, 0.2) is 48.8 Å². The Morgan fingerprint density at radius 1 is 1.16 bits per heavy atom. The maximum Gasteiger partial charge on any atom is 0.226 e. The molecule has 3 heterocycles. The minimum Gasteiger partial charge on any atom is -0.481 e. The fourth-order valence-electron chi connectivity index (χ4n) is 3.34. The van der Waals surface area contributed by atoms with Crippen LogP contribution in [0.4, 0.5) is 5.95 Å². The standard InChI is InChI=1S/C19H21N5O/c1-25-18-7-10-21-19(23-18)22-15-8-11-24(13-15)12-14-6-9-20-17-5-3-2-4-16(14)17/h2-7,9-10,15H,8,11-13H2,1H3,(H,21,22,23). The normalized spacial score (nSPS) is 17.7. The summed E-state index contributed by atoms with van der Waals surface area (Å²) in [6, 6.07) is 12.5. The fourth-order valence-corrected chi connectivity index (χ4v) is 3.34. The van der Waals surface area contributed by atoms with E-state index in [0.29, 0.717) is 17.9 Å². The molecule has 0 bridgehead atoms. The SMILES string of the molecule is COc1ccnc(NC2CCN(Cc3ccnc4ccccc34)C2)n1. The number of fused-ring (bicyclic) bond motifs is 1. The van der Waals surface area contributed by atoms with Crippen molar-refractivity contribution in [2.75, 3.05) is 25.5 Å². The van der Waals surface area contributed by atoms with E-state index in [9.17, 15) is 0 Å². The monoisotopic (exact) mass is 335 g/mol. The van der Waals surface area contributed by atoms with Gasteiger partial charge in [0.05, 0.1) is 12.6 Å². The number of nitrogens with one attached hydrogen (secondary N) is 1. The summed E-state index contributed by atoms with van der Waals surface area (Å²) in [5.41, 5.74) is 2.38. The third kappa shape index (κ3) is 3.53. The number of aromatic nitrogens is 3. The van der Waals surface area contributed by atoms with Crippen molar-refractivity contribution in [3.8, 4) is 5.88 Å². The molecule has 1 fully saturated rings. The molecule has 3 aromatic rings. The highest BCUT2D eigenvalue weighted by Gasteiger charge is 2.23. The van der Waals surface area contributed by atoms with E-state index in [1.165, 1.54) is 10.9 Å². The summed E-state index contributed by atoms with van der Waals surface area (Å²) in [4.78, 5) is 15.5. The molecule has 1 aliphatic heterocycles. The van der Waals surface area contributed by atoms with Gasteiger partial charge in [-0.05, 0) is 24.1 Å². The zero-order chi connectivity index (χ0) is 17.1. The topological polar surface area (TPSA) is 63.2 Å². The van der Waals surface area contributed by atoms with E-state index < -0.39 is 0 Å². The van der Waals surface area contributed by atoms with Crippen molar-refractivity contribution in [2.45, 2.75) is 19.0 Å². The average molecular weight is 335 g/mol. The molecular formula is C19H21N5O. The average Bonchev–Trinajstić information content (AvgIpc) is 3.09. The number of pyridine rings is 1. The summed E-state index contributed by atoms with van der Waals surface area (Å²) in [6.45, 7) is 2.95. The number of rotatable bonds is 5. The van der Waals surface area contributed by atoms with Crippen molar-refractivity contribution in [1.82, 2.24) is 19.9 Å². The first-order chi connectivity index (χ1) is 12.3. The van der Waals surface area contributed by atoms with Crippen molar-refractivity contribution in [2.24, 2.45) is 0 Å². The number of benzene rings is 1. The number of nitrogens with zero attached hydrogens (tertiary/aromatic N) is 4. The molecule has 0 saturated carbocycles. The number of hydrogen-bond acceptors (Lipinski definition) is 6. The molecule has 1 atom stereocenters. The van der Waals surface area contributed by atoms with Gasteiger partial charge >= 0.3 is 0 Å². The fraction of sp³-hybridized carbons (Fsp3) is 0.316. The largest absolute Gasteiger partial charge is 0.481 e. The molecule has 0 amide bonds. The predicted molar refractivity (Wildman–Crippen MR) is 97.6 cm³/mol. The van der Waals surface area contributed by atoms with Crippen LogP contribution in [0.2, 0.25) is 0 Å². The molecular weight excluding hydrogens is 314 g/mol. The van der Waals surface area contributed by atoms with E-state index in [4.69, 9.17) is 4.74 Å². The van der Waals surface area contributed by atoms with Crippen LogP contribution in [0, 0.1) is 0 Å². The van der Waals surface area contributed by atoms with Crippen LogP contribution in [0.5, 0.6) is 5.88 Å². The van der Waals surface area contributed by atoms with Gasteiger partial charge in [0.15, 0.2) is 0 Å². The van der Waals surface area contributed by atoms with E-state index in [-0.39, 0.29) is 0 Å². The number of ether oxygens (including phenoxy) is 1. The van der Waals surface area contributed by atoms with Crippen LogP contribution in [0.1, 0.15) is 12.0 Å². The Bertz CT molecular complexity index is 864. The minimum absolute atomic E-state index is 0.347. The highest BCUT2D eigenvalue weighted by Crippen LogP contribution is 2.21. The lowest BCUT2D eigenvalue weighted by atomic mass is 10.1. The zero-order valence-electron chi connectivity index (χ0n) is 14.2. The lowest BCUT2D eigenvalue weighted by Crippen LogP contribution is -2.26. The van der Waals surface area contributed by atoms with Gasteiger partial charge in [-0.2, -0.15) is 4.98 Å². The Kier molecular flexibility index (Phi) is 4.43. The maximum atomic E-state index is 5.15. The Balaban J connectivity index is 1.42. The predicted octanol–water partition coefficient (Wildman–Crippen LogP) is 2.72. The number of hydrogen-bond donors (Lipinski definition) is 1. The van der Waals surface area contributed by atoms with Gasteiger partial charge in [-0.25, -0.2) is 4.98 Å². The Hall–Kier alpha value is -2.73. The summed E-state index contributed by atoms with van der Waals surface area (Å²) in [5, 5.41) is 4.65. The molecule has 128 valence electrons. The minimum atomic E-state index is 0.347. The van der Waals surface area contributed by atoms with Gasteiger partial charge in [0, 0.05) is 49.5 Å². The summed E-state index contributed by atoms with van der Waals surface area (Å²) in [7, 11) is 1.61. The number of likely N-dealkylation sites (tertiary alicyclic amines) is 1. The van der Waals surface area contributed by atoms with Gasteiger partial charge < -0.3 is 10.1 Å². The van der Waals surface area contributed by atoms with E-state index in [1.807, 2.05) is 12.3 Å². The molecule has 6 heteroatoms. The molecule has 1 N–H and O–H groups in total. The molecule has 4 rings (SSSR count). The lowest BCUT2D eigenvalue weighted by molar-refractivity contribution is 0.329. The van der Waals surface area contributed by atoms with Crippen LogP contribution in [-0.4, -0.2) is 46.1 Å². The quantitative estimate of drug-likeness (QED) is 0.773. The smallest absolute Gasteiger partial charge is 0.226 e. The molecule has 1 unspecified atom stereocenters. The molecule has 6 nitrogen and oxygen atoms in total. The Morgan fingerprint density at radius 3 is 2.96 bits per heavy atom.